The van der Waals surface area contributed by atoms with Crippen LogP contribution < -0.4 is 20.7 Å². The van der Waals surface area contributed by atoms with Gasteiger partial charge < -0.3 is 20.7 Å². The number of carbonyl (C=O) groups excluding carboxylic acids is 3. The number of benzene rings is 3. The number of anilines is 2. The lowest BCUT2D eigenvalue weighted by Gasteiger charge is -2.26. The van der Waals surface area contributed by atoms with Crippen molar-refractivity contribution < 1.29 is 41.1 Å². The molecule has 3 amide bonds. The summed E-state index contributed by atoms with van der Waals surface area (Å²) in [4.78, 5) is 38.4. The number of halogens is 8. The van der Waals surface area contributed by atoms with Gasteiger partial charge in [-0.1, -0.05) is 59.0 Å². The van der Waals surface area contributed by atoms with Crippen molar-refractivity contribution in [2.24, 2.45) is 5.41 Å². The first-order chi connectivity index (χ1) is 21.0. The van der Waals surface area contributed by atoms with E-state index in [0.717, 1.165) is 18.3 Å². The van der Waals surface area contributed by atoms with Gasteiger partial charge in [0.1, 0.15) is 17.8 Å². The number of rotatable bonds is 10. The number of nitrogens with one attached hydrogen (secondary N) is 3. The normalized spacial score (nSPS) is 11.3. The van der Waals surface area contributed by atoms with E-state index in [0.29, 0.717) is 5.69 Å². The maximum absolute atomic E-state index is 13.2. The van der Waals surface area contributed by atoms with Gasteiger partial charge in [0.05, 0.1) is 21.2 Å². The van der Waals surface area contributed by atoms with Crippen molar-refractivity contribution in [1.29, 1.82) is 0 Å². The molecule has 7 nitrogen and oxygen atoms in total. The molecule has 0 aromatic heterocycles. The highest BCUT2D eigenvalue weighted by Gasteiger charge is 2.52. The predicted octanol–water partition coefficient (Wildman–Crippen LogP) is 9.14. The summed E-state index contributed by atoms with van der Waals surface area (Å²) in [5, 5.41) is 6.92. The summed E-state index contributed by atoms with van der Waals surface area (Å²) in [6.45, 7) is 4.02. The first kappa shape index (κ1) is 37.8. The summed E-state index contributed by atoms with van der Waals surface area (Å²) in [5.41, 5.74) is -2.59. The van der Waals surface area contributed by atoms with Crippen molar-refractivity contribution in [2.75, 3.05) is 17.2 Å². The Balaban J connectivity index is 0.00000345. The van der Waals surface area contributed by atoms with Crippen LogP contribution in [-0.4, -0.2) is 36.9 Å². The summed E-state index contributed by atoms with van der Waals surface area (Å²) in [6, 6.07) is 12.8. The van der Waals surface area contributed by atoms with E-state index in [1.165, 1.54) is 30.3 Å². The fourth-order valence-corrected chi connectivity index (χ4v) is 4.33. The van der Waals surface area contributed by atoms with E-state index in [1.807, 2.05) is 13.8 Å². The third-order valence-corrected chi connectivity index (χ3v) is 7.34. The zero-order valence-electron chi connectivity index (χ0n) is 24.3. The zero-order valence-corrected chi connectivity index (χ0v) is 27.4. The van der Waals surface area contributed by atoms with Crippen LogP contribution in [0.4, 0.5) is 33.3 Å². The average molecular weight is 741 g/mol. The Hall–Kier alpha value is -3.42. The second-order valence-electron chi connectivity index (χ2n) is 9.53. The fraction of sp³-hybridized carbons (Fsp3) is 0.300. The van der Waals surface area contributed by atoms with Gasteiger partial charge in [0, 0.05) is 22.4 Å². The third kappa shape index (κ3) is 10.0. The van der Waals surface area contributed by atoms with Gasteiger partial charge >= 0.3 is 6.18 Å². The lowest BCUT2D eigenvalue weighted by Crippen LogP contribution is -2.46. The molecule has 0 saturated carbocycles. The minimum Gasteiger partial charge on any atom is -0.487 e. The molecule has 0 unspecified atom stereocenters. The Morgan fingerprint density at radius 3 is 2.04 bits per heavy atom. The van der Waals surface area contributed by atoms with Crippen LogP contribution in [-0.2, 0) is 11.3 Å². The van der Waals surface area contributed by atoms with E-state index in [9.17, 15) is 36.3 Å². The third-order valence-electron chi connectivity index (χ3n) is 6.06. The monoisotopic (exact) mass is 739 g/mol. The maximum atomic E-state index is 13.2. The van der Waals surface area contributed by atoms with Crippen molar-refractivity contribution in [2.45, 2.75) is 46.8 Å². The summed E-state index contributed by atoms with van der Waals surface area (Å²) >= 11 is 15.8. The quantitative estimate of drug-likeness (QED) is 0.181. The Morgan fingerprint density at radius 2 is 1.47 bits per heavy atom. The molecule has 3 aromatic rings. The molecule has 0 bridgehead atoms. The Morgan fingerprint density at radius 1 is 0.889 bits per heavy atom. The SMILES string of the molecule is CC.CC(C)(C(=O)NCc1ccc(Cl)c(C(=O)Nc2ccc(OCC(F)F)c(C(=O)Nc3ccc(Br)cc3)c2)c1Cl)C(F)(F)F. The lowest BCUT2D eigenvalue weighted by atomic mass is 9.91. The molecular formula is C30H29BrCl2F5N3O4. The van der Waals surface area contributed by atoms with Gasteiger partial charge in [-0.3, -0.25) is 14.4 Å². The van der Waals surface area contributed by atoms with Gasteiger partial charge in [-0.15, -0.1) is 0 Å². The van der Waals surface area contributed by atoms with Crippen molar-refractivity contribution in [1.82, 2.24) is 5.32 Å². The minimum atomic E-state index is -4.81. The van der Waals surface area contributed by atoms with Crippen molar-refractivity contribution in [3.63, 3.8) is 0 Å². The van der Waals surface area contributed by atoms with Gasteiger partial charge in [-0.25, -0.2) is 8.78 Å². The standard InChI is InChI=1S/C28H23BrCl2F5N3O4.C2H6/c1-27(2,28(34,35)36)26(42)37-12-14-3-9-19(30)22(23(14)31)25(41)39-17-8-10-20(43-13-21(32)33)18(11-17)24(40)38-16-6-4-15(29)5-7-16;1-2/h3-11,21H,12-13H2,1-2H3,(H,37,42)(H,38,40)(H,39,41);1-2H3. The fourth-order valence-electron chi connectivity index (χ4n) is 3.45. The Kier molecular flexibility index (Phi) is 13.6. The van der Waals surface area contributed by atoms with Crippen molar-refractivity contribution in [3.8, 4) is 5.75 Å². The molecule has 0 radical (unpaired) electrons. The largest absolute Gasteiger partial charge is 0.487 e. The number of carbonyl (C=O) groups is 3. The molecule has 0 fully saturated rings. The first-order valence-electron chi connectivity index (χ1n) is 13.3. The molecule has 3 rings (SSSR count). The Labute approximate surface area is 274 Å². The van der Waals surface area contributed by atoms with Crippen LogP contribution in [0, 0.1) is 5.41 Å². The van der Waals surface area contributed by atoms with Crippen molar-refractivity contribution >= 4 is 68.2 Å². The molecule has 0 spiro atoms. The molecule has 0 aliphatic carbocycles. The van der Waals surface area contributed by atoms with Crippen molar-refractivity contribution in [3.05, 3.63) is 85.8 Å². The minimum absolute atomic E-state index is 0.0353. The second-order valence-corrected chi connectivity index (χ2v) is 11.2. The molecule has 0 saturated heterocycles. The molecule has 3 N–H and O–H groups in total. The van der Waals surface area contributed by atoms with E-state index >= 15 is 0 Å². The second kappa shape index (κ2) is 16.2. The molecule has 0 atom stereocenters. The average Bonchev–Trinajstić information content (AvgIpc) is 2.97. The maximum Gasteiger partial charge on any atom is 0.402 e. The van der Waals surface area contributed by atoms with Crippen LogP contribution in [0.1, 0.15) is 54.0 Å². The molecule has 0 aliphatic rings. The predicted molar refractivity (Wildman–Crippen MR) is 167 cm³/mol. The first-order valence-corrected chi connectivity index (χ1v) is 14.8. The van der Waals surface area contributed by atoms with Crippen LogP contribution >= 0.6 is 39.1 Å². The molecule has 244 valence electrons. The summed E-state index contributed by atoms with van der Waals surface area (Å²) in [7, 11) is 0. The van der Waals surface area contributed by atoms with Crippen LogP contribution in [0.2, 0.25) is 10.0 Å². The van der Waals surface area contributed by atoms with Crippen LogP contribution in [0.3, 0.4) is 0 Å². The van der Waals surface area contributed by atoms with Crippen LogP contribution in [0.5, 0.6) is 5.75 Å². The summed E-state index contributed by atoms with van der Waals surface area (Å²) in [5.74, 6) is -3.07. The van der Waals surface area contributed by atoms with Gasteiger partial charge in [-0.2, -0.15) is 13.2 Å². The number of ether oxygens (including phenoxy) is 1. The van der Waals surface area contributed by atoms with E-state index in [2.05, 4.69) is 31.9 Å². The smallest absolute Gasteiger partial charge is 0.402 e. The van der Waals surface area contributed by atoms with Gasteiger partial charge in [0.15, 0.2) is 0 Å². The van der Waals surface area contributed by atoms with Gasteiger partial charge in [0.2, 0.25) is 5.91 Å². The molecule has 3 aromatic carbocycles. The van der Waals surface area contributed by atoms with E-state index in [1.54, 1.807) is 24.3 Å². The molecular weight excluding hydrogens is 712 g/mol. The van der Waals surface area contributed by atoms with Crippen LogP contribution in [0.25, 0.3) is 0 Å². The zero-order chi connectivity index (χ0) is 34.1. The highest BCUT2D eigenvalue weighted by molar-refractivity contribution is 9.10. The highest BCUT2D eigenvalue weighted by atomic mass is 79.9. The highest BCUT2D eigenvalue weighted by Crippen LogP contribution is 2.38. The molecule has 15 heteroatoms. The summed E-state index contributed by atoms with van der Waals surface area (Å²) < 4.78 is 71.1. The number of hydrogen-bond acceptors (Lipinski definition) is 4. The number of hydrogen-bond donors (Lipinski definition) is 3. The Bertz CT molecular complexity index is 1520. The lowest BCUT2D eigenvalue weighted by molar-refractivity contribution is -0.211. The van der Waals surface area contributed by atoms with Crippen LogP contribution in [0.15, 0.2) is 59.1 Å². The molecule has 45 heavy (non-hydrogen) atoms. The molecule has 0 heterocycles. The van der Waals surface area contributed by atoms with E-state index in [-0.39, 0.29) is 38.2 Å². The topological polar surface area (TPSA) is 96.5 Å². The number of alkyl halides is 5. The number of amides is 3. The summed E-state index contributed by atoms with van der Waals surface area (Å²) in [6.07, 6.45) is -7.62. The molecule has 0 aliphatic heterocycles. The van der Waals surface area contributed by atoms with Gasteiger partial charge in [0.25, 0.3) is 18.2 Å². The van der Waals surface area contributed by atoms with E-state index in [4.69, 9.17) is 27.9 Å². The van der Waals surface area contributed by atoms with E-state index < -0.39 is 48.9 Å². The van der Waals surface area contributed by atoms with Gasteiger partial charge in [-0.05, 0) is 67.9 Å².